The SMILES string of the molecule is CCC1CCN(c2nc(NN)nc(C)c2[N+](=O)[O-])CC1. The van der Waals surface area contributed by atoms with Gasteiger partial charge in [-0.25, -0.2) is 10.8 Å². The van der Waals surface area contributed by atoms with Crippen LogP contribution >= 0.6 is 0 Å². The molecule has 1 fully saturated rings. The fourth-order valence-electron chi connectivity index (χ4n) is 2.60. The standard InChI is InChI=1S/C12H20N6O2/c1-3-9-4-6-17(7-5-9)11-10(18(19)20)8(2)14-12(15-11)16-13/h9H,3-7,13H2,1-2H3,(H,14,15,16). The van der Waals surface area contributed by atoms with Crippen molar-refractivity contribution >= 4 is 17.5 Å². The molecule has 1 aliphatic heterocycles. The number of hydrogen-bond acceptors (Lipinski definition) is 7. The van der Waals surface area contributed by atoms with Crippen molar-refractivity contribution in [1.82, 2.24) is 9.97 Å². The van der Waals surface area contributed by atoms with Crippen molar-refractivity contribution in [3.63, 3.8) is 0 Å². The first kappa shape index (κ1) is 14.4. The maximum absolute atomic E-state index is 11.3. The van der Waals surface area contributed by atoms with Gasteiger partial charge in [-0.15, -0.1) is 0 Å². The van der Waals surface area contributed by atoms with Gasteiger partial charge in [0.05, 0.1) is 4.92 Å². The summed E-state index contributed by atoms with van der Waals surface area (Å²) in [6.07, 6.45) is 3.21. The molecular formula is C12H20N6O2. The molecule has 0 atom stereocenters. The Balaban J connectivity index is 2.34. The Kier molecular flexibility index (Phi) is 4.33. The van der Waals surface area contributed by atoms with Crippen LogP contribution < -0.4 is 16.2 Å². The number of hydrazine groups is 1. The highest BCUT2D eigenvalue weighted by molar-refractivity contribution is 5.62. The molecule has 110 valence electrons. The molecule has 0 aliphatic carbocycles. The maximum Gasteiger partial charge on any atom is 0.332 e. The molecule has 1 aliphatic rings. The molecule has 3 N–H and O–H groups in total. The van der Waals surface area contributed by atoms with Crippen LogP contribution in [0.2, 0.25) is 0 Å². The van der Waals surface area contributed by atoms with Crippen LogP contribution in [0.5, 0.6) is 0 Å². The number of rotatable bonds is 4. The van der Waals surface area contributed by atoms with Crippen molar-refractivity contribution in [3.05, 3.63) is 15.8 Å². The van der Waals surface area contributed by atoms with Gasteiger partial charge in [0.25, 0.3) is 0 Å². The van der Waals surface area contributed by atoms with E-state index in [1.165, 1.54) is 0 Å². The van der Waals surface area contributed by atoms with Crippen LogP contribution in [0.4, 0.5) is 17.5 Å². The van der Waals surface area contributed by atoms with Crippen LogP contribution in [0.15, 0.2) is 0 Å². The molecule has 0 radical (unpaired) electrons. The van der Waals surface area contributed by atoms with Crippen molar-refractivity contribution in [3.8, 4) is 0 Å². The number of nitrogens with one attached hydrogen (secondary N) is 1. The van der Waals surface area contributed by atoms with E-state index in [0.29, 0.717) is 17.4 Å². The van der Waals surface area contributed by atoms with Crippen molar-refractivity contribution in [2.75, 3.05) is 23.4 Å². The zero-order valence-corrected chi connectivity index (χ0v) is 11.8. The number of aryl methyl sites for hydroxylation is 1. The summed E-state index contributed by atoms with van der Waals surface area (Å²) in [5.41, 5.74) is 2.66. The van der Waals surface area contributed by atoms with E-state index in [9.17, 15) is 10.1 Å². The van der Waals surface area contributed by atoms with Gasteiger partial charge in [0.15, 0.2) is 0 Å². The number of hydrogen-bond donors (Lipinski definition) is 2. The molecule has 8 nitrogen and oxygen atoms in total. The zero-order valence-electron chi connectivity index (χ0n) is 11.8. The summed E-state index contributed by atoms with van der Waals surface area (Å²) in [5.74, 6) is 6.59. The monoisotopic (exact) mass is 280 g/mol. The summed E-state index contributed by atoms with van der Waals surface area (Å²) in [6.45, 7) is 5.33. The van der Waals surface area contributed by atoms with Gasteiger partial charge in [-0.2, -0.15) is 4.98 Å². The minimum Gasteiger partial charge on any atom is -0.351 e. The average molecular weight is 280 g/mol. The Morgan fingerprint density at radius 1 is 1.45 bits per heavy atom. The topological polar surface area (TPSA) is 110 Å². The number of nitrogens with two attached hydrogens (primary N) is 1. The molecule has 1 saturated heterocycles. The second-order valence-electron chi connectivity index (χ2n) is 5.04. The number of nitrogens with zero attached hydrogens (tertiary/aromatic N) is 4. The van der Waals surface area contributed by atoms with Crippen molar-refractivity contribution in [1.29, 1.82) is 0 Å². The molecule has 0 bridgehead atoms. The molecular weight excluding hydrogens is 260 g/mol. The van der Waals surface area contributed by atoms with E-state index in [-0.39, 0.29) is 11.6 Å². The number of anilines is 2. The molecule has 2 heterocycles. The zero-order chi connectivity index (χ0) is 14.7. The molecule has 20 heavy (non-hydrogen) atoms. The van der Waals surface area contributed by atoms with Crippen LogP contribution in [0, 0.1) is 23.0 Å². The highest BCUT2D eigenvalue weighted by atomic mass is 16.6. The number of piperidine rings is 1. The number of nitrogen functional groups attached to an aromatic ring is 1. The first-order chi connectivity index (χ1) is 9.56. The number of aromatic nitrogens is 2. The van der Waals surface area contributed by atoms with Crippen LogP contribution in [0.1, 0.15) is 31.9 Å². The summed E-state index contributed by atoms with van der Waals surface area (Å²) in [7, 11) is 0. The average Bonchev–Trinajstić information content (AvgIpc) is 2.46. The van der Waals surface area contributed by atoms with Crippen LogP contribution in [0.3, 0.4) is 0 Å². The van der Waals surface area contributed by atoms with Crippen LogP contribution in [-0.2, 0) is 0 Å². The van der Waals surface area contributed by atoms with E-state index in [4.69, 9.17) is 5.84 Å². The Morgan fingerprint density at radius 3 is 2.60 bits per heavy atom. The minimum absolute atomic E-state index is 0.0288. The van der Waals surface area contributed by atoms with Gasteiger partial charge in [0.2, 0.25) is 11.8 Å². The second-order valence-corrected chi connectivity index (χ2v) is 5.04. The molecule has 0 aromatic carbocycles. The Bertz CT molecular complexity index is 499. The van der Waals surface area contributed by atoms with E-state index in [0.717, 1.165) is 32.4 Å². The van der Waals surface area contributed by atoms with Gasteiger partial charge in [0, 0.05) is 13.1 Å². The summed E-state index contributed by atoms with van der Waals surface area (Å²) < 4.78 is 0. The molecule has 2 rings (SSSR count). The summed E-state index contributed by atoms with van der Waals surface area (Å²) in [4.78, 5) is 21.0. The molecule has 0 spiro atoms. The maximum atomic E-state index is 11.3. The quantitative estimate of drug-likeness (QED) is 0.489. The highest BCUT2D eigenvalue weighted by Crippen LogP contribution is 2.32. The fourth-order valence-corrected chi connectivity index (χ4v) is 2.60. The van der Waals surface area contributed by atoms with E-state index in [2.05, 4.69) is 22.3 Å². The van der Waals surface area contributed by atoms with Crippen molar-refractivity contribution in [2.45, 2.75) is 33.1 Å². The lowest BCUT2D eigenvalue weighted by atomic mass is 9.94. The smallest absolute Gasteiger partial charge is 0.332 e. The van der Waals surface area contributed by atoms with Gasteiger partial charge in [0.1, 0.15) is 5.69 Å². The van der Waals surface area contributed by atoms with E-state index < -0.39 is 4.92 Å². The third-order valence-electron chi connectivity index (χ3n) is 3.84. The van der Waals surface area contributed by atoms with Gasteiger partial charge in [-0.1, -0.05) is 13.3 Å². The predicted molar refractivity (Wildman–Crippen MR) is 76.5 cm³/mol. The van der Waals surface area contributed by atoms with Gasteiger partial charge in [-0.3, -0.25) is 15.5 Å². The van der Waals surface area contributed by atoms with Crippen LogP contribution in [0.25, 0.3) is 0 Å². The lowest BCUT2D eigenvalue weighted by molar-refractivity contribution is -0.385. The lowest BCUT2D eigenvalue weighted by Gasteiger charge is -2.32. The fraction of sp³-hybridized carbons (Fsp3) is 0.667. The highest BCUT2D eigenvalue weighted by Gasteiger charge is 2.28. The Labute approximate surface area is 117 Å². The summed E-state index contributed by atoms with van der Waals surface area (Å²) in [5, 5.41) is 11.3. The van der Waals surface area contributed by atoms with Crippen LogP contribution in [-0.4, -0.2) is 28.0 Å². The third kappa shape index (κ3) is 2.79. The first-order valence-electron chi connectivity index (χ1n) is 6.81. The van der Waals surface area contributed by atoms with E-state index >= 15 is 0 Å². The van der Waals surface area contributed by atoms with Crippen molar-refractivity contribution < 1.29 is 4.92 Å². The summed E-state index contributed by atoms with van der Waals surface area (Å²) >= 11 is 0. The minimum atomic E-state index is -0.420. The van der Waals surface area contributed by atoms with Crippen molar-refractivity contribution in [2.24, 2.45) is 11.8 Å². The third-order valence-corrected chi connectivity index (χ3v) is 3.84. The normalized spacial score (nSPS) is 16.2. The molecule has 1 aromatic heterocycles. The second kappa shape index (κ2) is 6.00. The largest absolute Gasteiger partial charge is 0.351 e. The summed E-state index contributed by atoms with van der Waals surface area (Å²) in [6, 6.07) is 0. The first-order valence-corrected chi connectivity index (χ1v) is 6.81. The Hall–Kier alpha value is -1.96. The Morgan fingerprint density at radius 2 is 2.10 bits per heavy atom. The molecule has 8 heteroatoms. The van der Waals surface area contributed by atoms with E-state index in [1.54, 1.807) is 6.92 Å². The van der Waals surface area contributed by atoms with E-state index in [1.807, 2.05) is 4.90 Å². The lowest BCUT2D eigenvalue weighted by Crippen LogP contribution is -2.35. The molecule has 1 aromatic rings. The van der Waals surface area contributed by atoms with Gasteiger partial charge >= 0.3 is 5.69 Å². The molecule has 0 amide bonds. The number of nitro groups is 1. The predicted octanol–water partition coefficient (Wildman–Crippen LogP) is 1.61. The van der Waals surface area contributed by atoms with Gasteiger partial charge in [-0.05, 0) is 25.7 Å². The molecule has 0 saturated carbocycles. The van der Waals surface area contributed by atoms with Gasteiger partial charge < -0.3 is 4.90 Å². The molecule has 0 unspecified atom stereocenters.